The van der Waals surface area contributed by atoms with Crippen molar-refractivity contribution in [2.24, 2.45) is 0 Å². The highest BCUT2D eigenvalue weighted by Crippen LogP contribution is 2.24. The van der Waals surface area contributed by atoms with E-state index in [-0.39, 0.29) is 17.8 Å². The van der Waals surface area contributed by atoms with Gasteiger partial charge in [-0.3, -0.25) is 20.4 Å². The van der Waals surface area contributed by atoms with Crippen molar-refractivity contribution in [3.05, 3.63) is 65.4 Å². The Bertz CT molecular complexity index is 1340. The Labute approximate surface area is 249 Å². The molecule has 0 saturated carbocycles. The van der Waals surface area contributed by atoms with Crippen LogP contribution < -0.4 is 21.3 Å². The largest absolute Gasteiger partial charge is 0.444 e. The number of nitrogens with zero attached hydrogens (tertiary/aromatic N) is 4. The number of ether oxygens (including phenoxy) is 1. The van der Waals surface area contributed by atoms with E-state index in [1.807, 2.05) is 0 Å². The summed E-state index contributed by atoms with van der Waals surface area (Å²) >= 11 is 1.34. The minimum atomic E-state index is -0.660. The number of hydrogen-bond acceptors (Lipinski definition) is 9. The zero-order valence-corrected chi connectivity index (χ0v) is 25.2. The average Bonchev–Trinajstić information content (AvgIpc) is 3.45. The molecule has 3 heterocycles. The average molecular weight is 595 g/mol. The number of carbonyl (C=O) groups excluding carboxylic acids is 3. The fourth-order valence-corrected chi connectivity index (χ4v) is 4.85. The predicted molar refractivity (Wildman–Crippen MR) is 164 cm³/mol. The molecule has 1 fully saturated rings. The van der Waals surface area contributed by atoms with Crippen LogP contribution in [0.2, 0.25) is 0 Å². The van der Waals surface area contributed by atoms with Crippen LogP contribution in [0.4, 0.5) is 26.1 Å². The van der Waals surface area contributed by atoms with Crippen LogP contribution in [0.1, 0.15) is 49.3 Å². The van der Waals surface area contributed by atoms with Crippen molar-refractivity contribution < 1.29 is 19.1 Å². The van der Waals surface area contributed by atoms with Gasteiger partial charge in [-0.25, -0.2) is 14.6 Å². The van der Waals surface area contributed by atoms with Crippen molar-refractivity contribution >= 4 is 45.9 Å². The highest BCUT2D eigenvalue weighted by Gasteiger charge is 2.21. The van der Waals surface area contributed by atoms with Gasteiger partial charge in [-0.15, -0.1) is 11.3 Å². The lowest BCUT2D eigenvalue weighted by atomic mass is 10.0. The number of rotatable bonds is 9. The van der Waals surface area contributed by atoms with Gasteiger partial charge in [0.15, 0.2) is 5.13 Å². The highest BCUT2D eigenvalue weighted by atomic mass is 32.1. The van der Waals surface area contributed by atoms with Crippen molar-refractivity contribution in [3.8, 4) is 0 Å². The minimum absolute atomic E-state index is 0.191. The monoisotopic (exact) mass is 594 g/mol. The SMILES string of the molecule is CN1CCN(CCC(NC(=O)Nc2nccs2)c2ccc(C(=O)Nc3ccccc3NC(=O)OC(C)(C)C)nc2)CC1. The summed E-state index contributed by atoms with van der Waals surface area (Å²) in [5.74, 6) is -0.441. The molecular weight excluding hydrogens is 556 g/mol. The number of para-hydroxylation sites is 2. The van der Waals surface area contributed by atoms with Gasteiger partial charge < -0.3 is 25.2 Å². The summed E-state index contributed by atoms with van der Waals surface area (Å²) in [7, 11) is 2.12. The van der Waals surface area contributed by atoms with Crippen LogP contribution >= 0.6 is 11.3 Å². The van der Waals surface area contributed by atoms with E-state index < -0.39 is 17.6 Å². The molecule has 1 aromatic carbocycles. The first-order chi connectivity index (χ1) is 20.1. The molecule has 1 saturated heterocycles. The number of amides is 4. The van der Waals surface area contributed by atoms with Crippen LogP contribution in [0.3, 0.4) is 0 Å². The number of carbonyl (C=O) groups is 3. The smallest absolute Gasteiger partial charge is 0.412 e. The normalized spacial score (nSPS) is 15.0. The van der Waals surface area contributed by atoms with E-state index in [9.17, 15) is 14.4 Å². The molecule has 13 heteroatoms. The maximum Gasteiger partial charge on any atom is 0.412 e. The van der Waals surface area contributed by atoms with E-state index >= 15 is 0 Å². The molecule has 0 spiro atoms. The van der Waals surface area contributed by atoms with E-state index in [1.54, 1.807) is 74.9 Å². The molecule has 12 nitrogen and oxygen atoms in total. The molecule has 0 radical (unpaired) electrons. The Hall–Kier alpha value is -4.07. The summed E-state index contributed by atoms with van der Waals surface area (Å²) in [6.45, 7) is 10.1. The number of hydrogen-bond donors (Lipinski definition) is 4. The fraction of sp³-hybridized carbons (Fsp3) is 0.414. The Kier molecular flexibility index (Phi) is 10.4. The number of urea groups is 1. The summed E-state index contributed by atoms with van der Waals surface area (Å²) in [4.78, 5) is 51.3. The Morgan fingerprint density at radius 1 is 0.976 bits per heavy atom. The molecule has 1 unspecified atom stereocenters. The predicted octanol–water partition coefficient (Wildman–Crippen LogP) is 4.64. The number of likely N-dealkylation sites (N-methyl/N-ethyl adjacent to an activating group) is 1. The van der Waals surface area contributed by atoms with Crippen LogP contribution in [0, 0.1) is 0 Å². The molecule has 1 aliphatic heterocycles. The molecule has 4 amide bonds. The number of anilines is 3. The number of thiazole rings is 1. The summed E-state index contributed by atoms with van der Waals surface area (Å²) in [5, 5.41) is 13.6. The molecular formula is C29H38N8O4S. The van der Waals surface area contributed by atoms with Crippen molar-refractivity contribution in [1.29, 1.82) is 0 Å². The third-order valence-electron chi connectivity index (χ3n) is 6.52. The van der Waals surface area contributed by atoms with Gasteiger partial charge in [0.2, 0.25) is 0 Å². The Morgan fingerprint density at radius 2 is 1.69 bits per heavy atom. The van der Waals surface area contributed by atoms with E-state index in [4.69, 9.17) is 4.74 Å². The Balaban J connectivity index is 1.42. The van der Waals surface area contributed by atoms with Gasteiger partial charge in [0.1, 0.15) is 11.3 Å². The van der Waals surface area contributed by atoms with Gasteiger partial charge in [0, 0.05) is 50.5 Å². The molecule has 42 heavy (non-hydrogen) atoms. The van der Waals surface area contributed by atoms with Crippen LogP contribution in [0.15, 0.2) is 54.2 Å². The molecule has 1 atom stereocenters. The number of piperazine rings is 1. The van der Waals surface area contributed by atoms with E-state index in [0.717, 1.165) is 38.3 Å². The maximum atomic E-state index is 13.1. The van der Waals surface area contributed by atoms with Crippen LogP contribution in [0.25, 0.3) is 0 Å². The van der Waals surface area contributed by atoms with Gasteiger partial charge in [-0.1, -0.05) is 18.2 Å². The molecule has 4 N–H and O–H groups in total. The molecule has 4 rings (SSSR count). The quantitative estimate of drug-likeness (QED) is 0.281. The van der Waals surface area contributed by atoms with Crippen molar-refractivity contribution in [1.82, 2.24) is 25.1 Å². The highest BCUT2D eigenvalue weighted by molar-refractivity contribution is 7.13. The first-order valence-electron chi connectivity index (χ1n) is 13.8. The second-order valence-electron chi connectivity index (χ2n) is 11.0. The lowest BCUT2D eigenvalue weighted by Crippen LogP contribution is -2.45. The lowest BCUT2D eigenvalue weighted by molar-refractivity contribution is 0.0635. The van der Waals surface area contributed by atoms with Crippen LogP contribution in [0.5, 0.6) is 0 Å². The molecule has 2 aromatic heterocycles. The topological polar surface area (TPSA) is 141 Å². The van der Waals surface area contributed by atoms with E-state index in [0.29, 0.717) is 22.9 Å². The zero-order valence-electron chi connectivity index (χ0n) is 24.3. The first-order valence-corrected chi connectivity index (χ1v) is 14.7. The van der Waals surface area contributed by atoms with E-state index in [1.165, 1.54) is 11.3 Å². The second-order valence-corrected chi connectivity index (χ2v) is 11.9. The van der Waals surface area contributed by atoms with Gasteiger partial charge in [0.05, 0.1) is 17.4 Å². The maximum absolute atomic E-state index is 13.1. The van der Waals surface area contributed by atoms with E-state index in [2.05, 4.69) is 48.1 Å². The minimum Gasteiger partial charge on any atom is -0.444 e. The third-order valence-corrected chi connectivity index (χ3v) is 7.21. The molecule has 3 aromatic rings. The van der Waals surface area contributed by atoms with Crippen molar-refractivity contribution in [2.45, 2.75) is 38.8 Å². The standard InChI is InChI=1S/C29H38N8O4S/c1-29(2,3)41-28(40)34-23-8-6-5-7-22(23)32-25(38)24-10-9-20(19-31-24)21(11-13-37-16-14-36(4)15-17-37)33-26(39)35-27-30-12-18-42-27/h5-10,12,18-19,21H,11,13-17H2,1-4H3,(H,32,38)(H,34,40)(H2,30,33,35,39). The molecule has 224 valence electrons. The number of aromatic nitrogens is 2. The van der Waals surface area contributed by atoms with Gasteiger partial charge >= 0.3 is 12.1 Å². The third kappa shape index (κ3) is 9.50. The summed E-state index contributed by atoms with van der Waals surface area (Å²) in [6.07, 6.45) is 3.29. The van der Waals surface area contributed by atoms with Crippen LogP contribution in [-0.4, -0.2) is 83.2 Å². The fourth-order valence-electron chi connectivity index (χ4n) is 4.33. The first kappa shape index (κ1) is 30.9. The lowest BCUT2D eigenvalue weighted by Gasteiger charge is -2.33. The molecule has 0 aliphatic carbocycles. The second kappa shape index (κ2) is 14.2. The van der Waals surface area contributed by atoms with Gasteiger partial charge in [-0.2, -0.15) is 0 Å². The summed E-state index contributed by atoms with van der Waals surface area (Å²) < 4.78 is 5.32. The van der Waals surface area contributed by atoms with Crippen LogP contribution in [-0.2, 0) is 4.74 Å². The zero-order chi connectivity index (χ0) is 30.1. The van der Waals surface area contributed by atoms with Crippen molar-refractivity contribution in [3.63, 3.8) is 0 Å². The summed E-state index contributed by atoms with van der Waals surface area (Å²) in [5.41, 5.74) is 1.12. The molecule has 0 bridgehead atoms. The molecule has 1 aliphatic rings. The number of benzene rings is 1. The van der Waals surface area contributed by atoms with Gasteiger partial charge in [-0.05, 0) is 58.0 Å². The number of nitrogens with one attached hydrogen (secondary N) is 4. The Morgan fingerprint density at radius 3 is 2.31 bits per heavy atom. The summed E-state index contributed by atoms with van der Waals surface area (Å²) in [6, 6.07) is 9.58. The number of pyridine rings is 1. The van der Waals surface area contributed by atoms with Crippen molar-refractivity contribution in [2.75, 3.05) is 55.7 Å². The van der Waals surface area contributed by atoms with Gasteiger partial charge in [0.25, 0.3) is 5.91 Å².